The SMILES string of the molecule is CC(=O)C[N+]1=CC(C)=NC1C. The first kappa shape index (κ1) is 8.11. The number of aliphatic imine (C=N–C) groups is 1. The third-order valence-electron chi connectivity index (χ3n) is 1.63. The number of carbonyl (C=O) groups is 1. The Morgan fingerprint density at radius 2 is 2.45 bits per heavy atom. The van der Waals surface area contributed by atoms with Gasteiger partial charge in [-0.15, -0.1) is 0 Å². The second-order valence-electron chi connectivity index (χ2n) is 2.91. The van der Waals surface area contributed by atoms with Gasteiger partial charge >= 0.3 is 0 Å². The second kappa shape index (κ2) is 2.95. The average Bonchev–Trinajstić information content (AvgIpc) is 2.09. The quantitative estimate of drug-likeness (QED) is 0.531. The smallest absolute Gasteiger partial charge is 0.243 e. The Labute approximate surface area is 66.5 Å². The molecule has 1 aliphatic rings. The third-order valence-corrected chi connectivity index (χ3v) is 1.63. The molecule has 1 aliphatic heterocycles. The molecule has 0 radical (unpaired) electrons. The Balaban J connectivity index is 2.63. The Kier molecular flexibility index (Phi) is 2.17. The van der Waals surface area contributed by atoms with Gasteiger partial charge < -0.3 is 0 Å². The maximum atomic E-state index is 10.7. The van der Waals surface area contributed by atoms with Gasteiger partial charge in [-0.05, 0) is 6.92 Å². The standard InChI is InChI=1S/C8H13N2O/c1-6-4-10(5-7(2)11)8(3)9-6/h4,8H,5H2,1-3H3/q+1. The van der Waals surface area contributed by atoms with E-state index in [4.69, 9.17) is 0 Å². The lowest BCUT2D eigenvalue weighted by atomic mass is 10.4. The predicted octanol–water partition coefficient (Wildman–Crippen LogP) is 0.479. The number of ketones is 1. The summed E-state index contributed by atoms with van der Waals surface area (Å²) in [6, 6.07) is 0. The summed E-state index contributed by atoms with van der Waals surface area (Å²) in [7, 11) is 0. The lowest BCUT2D eigenvalue weighted by Gasteiger charge is -1.98. The molecule has 0 amide bonds. The van der Waals surface area contributed by atoms with Crippen LogP contribution in [-0.2, 0) is 4.79 Å². The molecule has 0 aliphatic carbocycles. The molecule has 3 nitrogen and oxygen atoms in total. The molecule has 0 aromatic heterocycles. The van der Waals surface area contributed by atoms with Gasteiger partial charge in [0.05, 0.1) is 0 Å². The molecular weight excluding hydrogens is 140 g/mol. The molecule has 11 heavy (non-hydrogen) atoms. The lowest BCUT2D eigenvalue weighted by molar-refractivity contribution is -0.540. The van der Waals surface area contributed by atoms with Crippen LogP contribution < -0.4 is 0 Å². The first-order chi connectivity index (χ1) is 5.09. The number of Topliss-reactive ketones (excluding diaryl/α,β-unsaturated/α-hetero) is 1. The first-order valence-electron chi connectivity index (χ1n) is 3.74. The van der Waals surface area contributed by atoms with Crippen LogP contribution in [0, 0.1) is 0 Å². The van der Waals surface area contributed by atoms with Crippen molar-refractivity contribution in [3.63, 3.8) is 0 Å². The van der Waals surface area contributed by atoms with Crippen molar-refractivity contribution in [3.8, 4) is 0 Å². The van der Waals surface area contributed by atoms with E-state index in [-0.39, 0.29) is 11.9 Å². The van der Waals surface area contributed by atoms with Crippen molar-refractivity contribution in [2.75, 3.05) is 6.54 Å². The molecular formula is C8H13N2O+. The normalized spacial score (nSPS) is 23.0. The zero-order valence-electron chi connectivity index (χ0n) is 7.16. The fourth-order valence-corrected chi connectivity index (χ4v) is 1.18. The van der Waals surface area contributed by atoms with Crippen molar-refractivity contribution in [2.45, 2.75) is 26.9 Å². The zero-order valence-corrected chi connectivity index (χ0v) is 7.16. The van der Waals surface area contributed by atoms with Crippen LogP contribution in [0.5, 0.6) is 0 Å². The van der Waals surface area contributed by atoms with Gasteiger partial charge in [-0.3, -0.25) is 4.79 Å². The molecule has 0 aromatic rings. The molecule has 0 spiro atoms. The Bertz CT molecular complexity index is 240. The minimum atomic E-state index is 0.138. The molecule has 1 unspecified atom stereocenters. The Morgan fingerprint density at radius 1 is 1.82 bits per heavy atom. The van der Waals surface area contributed by atoms with E-state index >= 15 is 0 Å². The van der Waals surface area contributed by atoms with Crippen molar-refractivity contribution < 1.29 is 9.37 Å². The largest absolute Gasteiger partial charge is 0.293 e. The molecule has 0 saturated heterocycles. The maximum absolute atomic E-state index is 10.7. The summed E-state index contributed by atoms with van der Waals surface area (Å²) in [5, 5.41) is 0. The summed E-state index contributed by atoms with van der Waals surface area (Å²) in [4.78, 5) is 15.0. The molecule has 0 N–H and O–H groups in total. The van der Waals surface area contributed by atoms with Gasteiger partial charge in [0.25, 0.3) is 0 Å². The minimum absolute atomic E-state index is 0.138. The molecule has 1 heterocycles. The lowest BCUT2D eigenvalue weighted by Crippen LogP contribution is -2.24. The second-order valence-corrected chi connectivity index (χ2v) is 2.91. The number of rotatable bonds is 2. The van der Waals surface area contributed by atoms with E-state index in [2.05, 4.69) is 4.99 Å². The van der Waals surface area contributed by atoms with Crippen LogP contribution >= 0.6 is 0 Å². The van der Waals surface area contributed by atoms with Crippen LogP contribution in [0.1, 0.15) is 20.8 Å². The van der Waals surface area contributed by atoms with E-state index in [0.717, 1.165) is 5.71 Å². The Hall–Kier alpha value is -0.990. The first-order valence-corrected chi connectivity index (χ1v) is 3.74. The van der Waals surface area contributed by atoms with E-state index in [9.17, 15) is 4.79 Å². The molecule has 60 valence electrons. The number of carbonyl (C=O) groups excluding carboxylic acids is 1. The van der Waals surface area contributed by atoms with Gasteiger partial charge in [-0.1, -0.05) is 0 Å². The highest BCUT2D eigenvalue weighted by Crippen LogP contribution is 1.99. The van der Waals surface area contributed by atoms with Gasteiger partial charge in [0.2, 0.25) is 12.7 Å². The molecule has 0 aromatic carbocycles. The van der Waals surface area contributed by atoms with Crippen molar-refractivity contribution in [1.82, 2.24) is 0 Å². The van der Waals surface area contributed by atoms with Crippen LogP contribution in [0.25, 0.3) is 0 Å². The van der Waals surface area contributed by atoms with Crippen LogP contribution in [0.2, 0.25) is 0 Å². The van der Waals surface area contributed by atoms with Crippen LogP contribution in [-0.4, -0.2) is 35.0 Å². The van der Waals surface area contributed by atoms with Crippen molar-refractivity contribution >= 4 is 17.7 Å². The minimum Gasteiger partial charge on any atom is -0.293 e. The van der Waals surface area contributed by atoms with Crippen molar-refractivity contribution in [3.05, 3.63) is 0 Å². The highest BCUT2D eigenvalue weighted by molar-refractivity contribution is 6.28. The zero-order chi connectivity index (χ0) is 8.43. The van der Waals surface area contributed by atoms with Gasteiger partial charge in [-0.25, -0.2) is 9.57 Å². The predicted molar refractivity (Wildman–Crippen MR) is 44.4 cm³/mol. The van der Waals surface area contributed by atoms with E-state index < -0.39 is 0 Å². The van der Waals surface area contributed by atoms with Gasteiger partial charge in [0, 0.05) is 13.8 Å². The third kappa shape index (κ3) is 1.97. The number of hydrogen-bond donors (Lipinski definition) is 0. The van der Waals surface area contributed by atoms with E-state index in [1.165, 1.54) is 0 Å². The summed E-state index contributed by atoms with van der Waals surface area (Å²) >= 11 is 0. The summed E-state index contributed by atoms with van der Waals surface area (Å²) in [6.07, 6.45) is 2.06. The molecule has 1 atom stereocenters. The average molecular weight is 153 g/mol. The topological polar surface area (TPSA) is 32.4 Å². The molecule has 3 heteroatoms. The highest BCUT2D eigenvalue weighted by atomic mass is 16.1. The van der Waals surface area contributed by atoms with Crippen molar-refractivity contribution in [2.24, 2.45) is 4.99 Å². The molecule has 0 fully saturated rings. The maximum Gasteiger partial charge on any atom is 0.243 e. The fraction of sp³-hybridized carbons (Fsp3) is 0.625. The monoisotopic (exact) mass is 153 g/mol. The summed E-state index contributed by atoms with van der Waals surface area (Å²) < 4.78 is 1.94. The van der Waals surface area contributed by atoms with E-state index in [1.807, 2.05) is 24.6 Å². The highest BCUT2D eigenvalue weighted by Gasteiger charge is 2.21. The van der Waals surface area contributed by atoms with Crippen LogP contribution in [0.4, 0.5) is 0 Å². The van der Waals surface area contributed by atoms with E-state index in [0.29, 0.717) is 6.54 Å². The van der Waals surface area contributed by atoms with E-state index in [1.54, 1.807) is 6.92 Å². The van der Waals surface area contributed by atoms with Gasteiger partial charge in [0.1, 0.15) is 5.71 Å². The fourth-order valence-electron chi connectivity index (χ4n) is 1.18. The van der Waals surface area contributed by atoms with Gasteiger partial charge in [-0.2, -0.15) is 0 Å². The van der Waals surface area contributed by atoms with Crippen molar-refractivity contribution in [1.29, 1.82) is 0 Å². The molecule has 0 bridgehead atoms. The number of nitrogens with zero attached hydrogens (tertiary/aromatic N) is 2. The van der Waals surface area contributed by atoms with Crippen LogP contribution in [0.15, 0.2) is 4.99 Å². The Morgan fingerprint density at radius 3 is 2.82 bits per heavy atom. The van der Waals surface area contributed by atoms with Gasteiger partial charge in [0.15, 0.2) is 12.0 Å². The summed E-state index contributed by atoms with van der Waals surface area (Å²) in [5.41, 5.74) is 0.999. The molecule has 1 rings (SSSR count). The van der Waals surface area contributed by atoms with Crippen LogP contribution in [0.3, 0.4) is 0 Å². The summed E-state index contributed by atoms with van der Waals surface area (Å²) in [6.45, 7) is 5.99. The molecule has 0 saturated carbocycles. The number of hydrogen-bond acceptors (Lipinski definition) is 2. The summed E-state index contributed by atoms with van der Waals surface area (Å²) in [5.74, 6) is 0.179.